The van der Waals surface area contributed by atoms with Gasteiger partial charge in [0, 0.05) is 13.2 Å². The van der Waals surface area contributed by atoms with Gasteiger partial charge in [0.25, 0.3) is 0 Å². The highest BCUT2D eigenvalue weighted by molar-refractivity contribution is 5.59. The molecule has 0 unspecified atom stereocenters. The molecule has 0 aromatic heterocycles. The zero-order valence-corrected chi connectivity index (χ0v) is 9.66. The quantitative estimate of drug-likeness (QED) is 0.844. The fourth-order valence-corrected chi connectivity index (χ4v) is 1.97. The van der Waals surface area contributed by atoms with Crippen molar-refractivity contribution in [2.45, 2.75) is 31.9 Å². The molecule has 0 bridgehead atoms. The second-order valence-corrected chi connectivity index (χ2v) is 4.33. The molecule has 1 fully saturated rings. The van der Waals surface area contributed by atoms with Gasteiger partial charge in [-0.05, 0) is 37.5 Å². The van der Waals surface area contributed by atoms with Crippen LogP contribution in [0.5, 0.6) is 0 Å². The molecule has 0 atom stereocenters. The van der Waals surface area contributed by atoms with Gasteiger partial charge in [-0.25, -0.2) is 0 Å². The molecule has 1 aliphatic carbocycles. The normalized spacial score (nSPS) is 23.3. The van der Waals surface area contributed by atoms with E-state index in [2.05, 4.69) is 11.4 Å². The third-order valence-electron chi connectivity index (χ3n) is 3.08. The molecule has 1 saturated carbocycles. The number of benzene rings is 1. The van der Waals surface area contributed by atoms with Crippen molar-refractivity contribution in [2.24, 2.45) is 0 Å². The molecule has 0 spiro atoms. The Balaban J connectivity index is 2.04. The first-order valence-electron chi connectivity index (χ1n) is 5.53. The van der Waals surface area contributed by atoms with E-state index in [1.807, 2.05) is 25.1 Å². The number of nitriles is 1. The smallest absolute Gasteiger partial charge is 0.101 e. The van der Waals surface area contributed by atoms with E-state index in [-0.39, 0.29) is 0 Å². The van der Waals surface area contributed by atoms with E-state index < -0.39 is 0 Å². The SMILES string of the molecule is COC1CC(Nc2cc(C)ccc2C#N)C1. The number of hydrogen-bond acceptors (Lipinski definition) is 3. The van der Waals surface area contributed by atoms with Gasteiger partial charge in [0.2, 0.25) is 0 Å². The number of hydrogen-bond donors (Lipinski definition) is 1. The molecule has 1 N–H and O–H groups in total. The average Bonchev–Trinajstić information content (AvgIpc) is 2.23. The summed E-state index contributed by atoms with van der Waals surface area (Å²) in [4.78, 5) is 0. The Kier molecular flexibility index (Phi) is 3.12. The second-order valence-electron chi connectivity index (χ2n) is 4.33. The maximum Gasteiger partial charge on any atom is 0.101 e. The van der Waals surface area contributed by atoms with E-state index in [4.69, 9.17) is 10.00 Å². The summed E-state index contributed by atoms with van der Waals surface area (Å²) in [6.07, 6.45) is 2.43. The van der Waals surface area contributed by atoms with Crippen LogP contribution in [0.25, 0.3) is 0 Å². The van der Waals surface area contributed by atoms with Gasteiger partial charge < -0.3 is 10.1 Å². The summed E-state index contributed by atoms with van der Waals surface area (Å²) in [5, 5.41) is 12.4. The number of nitrogens with one attached hydrogen (secondary N) is 1. The molecule has 1 aromatic carbocycles. The molecular formula is C13H16N2O. The molecular weight excluding hydrogens is 200 g/mol. The van der Waals surface area contributed by atoms with Crippen molar-refractivity contribution < 1.29 is 4.74 Å². The maximum atomic E-state index is 9.00. The molecule has 3 heteroatoms. The number of rotatable bonds is 3. The molecule has 16 heavy (non-hydrogen) atoms. The average molecular weight is 216 g/mol. The molecule has 3 nitrogen and oxygen atoms in total. The van der Waals surface area contributed by atoms with Crippen LogP contribution >= 0.6 is 0 Å². The van der Waals surface area contributed by atoms with Crippen LogP contribution in [0.3, 0.4) is 0 Å². The Morgan fingerprint density at radius 3 is 2.81 bits per heavy atom. The maximum absolute atomic E-state index is 9.00. The number of nitrogens with zero attached hydrogens (tertiary/aromatic N) is 1. The van der Waals surface area contributed by atoms with E-state index in [0.717, 1.165) is 18.5 Å². The summed E-state index contributed by atoms with van der Waals surface area (Å²) in [7, 11) is 1.74. The minimum absolute atomic E-state index is 0.382. The summed E-state index contributed by atoms with van der Waals surface area (Å²) >= 11 is 0. The Morgan fingerprint density at radius 1 is 1.44 bits per heavy atom. The first-order valence-corrected chi connectivity index (χ1v) is 5.53. The monoisotopic (exact) mass is 216 g/mol. The first kappa shape index (κ1) is 11.0. The zero-order chi connectivity index (χ0) is 11.5. The van der Waals surface area contributed by atoms with Gasteiger partial charge in [-0.1, -0.05) is 6.07 Å². The Bertz CT molecular complexity index is 416. The third kappa shape index (κ3) is 2.17. The van der Waals surface area contributed by atoms with Gasteiger partial charge in [-0.15, -0.1) is 0 Å². The Labute approximate surface area is 96.0 Å². The second kappa shape index (κ2) is 4.54. The molecule has 0 aliphatic heterocycles. The zero-order valence-electron chi connectivity index (χ0n) is 9.66. The summed E-state index contributed by atoms with van der Waals surface area (Å²) in [6, 6.07) is 8.50. The predicted octanol–water partition coefficient (Wildman–Crippen LogP) is 2.46. The van der Waals surface area contributed by atoms with Crippen LogP contribution in [0, 0.1) is 18.3 Å². The van der Waals surface area contributed by atoms with Gasteiger partial charge in [-0.3, -0.25) is 0 Å². The standard InChI is InChI=1S/C13H16N2O/c1-9-3-4-10(8-14)13(5-9)15-11-6-12(7-11)16-2/h3-5,11-12,15H,6-7H2,1-2H3. The lowest BCUT2D eigenvalue weighted by Crippen LogP contribution is -2.40. The fourth-order valence-electron chi connectivity index (χ4n) is 1.97. The number of ether oxygens (including phenoxy) is 1. The first-order chi connectivity index (χ1) is 7.72. The van der Waals surface area contributed by atoms with Crippen molar-refractivity contribution in [2.75, 3.05) is 12.4 Å². The highest BCUT2D eigenvalue weighted by Gasteiger charge is 2.29. The van der Waals surface area contributed by atoms with E-state index in [1.54, 1.807) is 7.11 Å². The third-order valence-corrected chi connectivity index (χ3v) is 3.08. The van der Waals surface area contributed by atoms with Crippen molar-refractivity contribution in [3.05, 3.63) is 29.3 Å². The molecule has 2 rings (SSSR count). The molecule has 1 aliphatic rings. The number of aryl methyl sites for hydroxylation is 1. The van der Waals surface area contributed by atoms with E-state index in [9.17, 15) is 0 Å². The molecule has 0 heterocycles. The number of methoxy groups -OCH3 is 1. The van der Waals surface area contributed by atoms with Crippen molar-refractivity contribution in [1.82, 2.24) is 0 Å². The summed E-state index contributed by atoms with van der Waals surface area (Å²) in [6.45, 7) is 2.03. The van der Waals surface area contributed by atoms with Crippen LogP contribution in [0.4, 0.5) is 5.69 Å². The van der Waals surface area contributed by atoms with Crippen LogP contribution in [0.15, 0.2) is 18.2 Å². The minimum Gasteiger partial charge on any atom is -0.381 e. The Hall–Kier alpha value is -1.53. The lowest BCUT2D eigenvalue weighted by Gasteiger charge is -2.35. The fraction of sp³-hybridized carbons (Fsp3) is 0.462. The summed E-state index contributed by atoms with van der Waals surface area (Å²) < 4.78 is 5.23. The summed E-state index contributed by atoms with van der Waals surface area (Å²) in [5.41, 5.74) is 2.83. The van der Waals surface area contributed by atoms with Crippen LogP contribution in [0.2, 0.25) is 0 Å². The van der Waals surface area contributed by atoms with Crippen LogP contribution in [-0.2, 0) is 4.74 Å². The van der Waals surface area contributed by atoms with E-state index >= 15 is 0 Å². The summed E-state index contributed by atoms with van der Waals surface area (Å²) in [5.74, 6) is 0. The molecule has 0 amide bonds. The highest BCUT2D eigenvalue weighted by atomic mass is 16.5. The van der Waals surface area contributed by atoms with Crippen LogP contribution in [-0.4, -0.2) is 19.3 Å². The lowest BCUT2D eigenvalue weighted by atomic mass is 9.89. The predicted molar refractivity (Wildman–Crippen MR) is 63.3 cm³/mol. The van der Waals surface area contributed by atoms with E-state index in [1.165, 1.54) is 5.56 Å². The highest BCUT2D eigenvalue weighted by Crippen LogP contribution is 2.28. The lowest BCUT2D eigenvalue weighted by molar-refractivity contribution is 0.0328. The topological polar surface area (TPSA) is 45.0 Å². The van der Waals surface area contributed by atoms with E-state index in [0.29, 0.717) is 17.7 Å². The van der Waals surface area contributed by atoms with Gasteiger partial charge >= 0.3 is 0 Å². The minimum atomic E-state index is 0.382. The van der Waals surface area contributed by atoms with Crippen molar-refractivity contribution in [3.8, 4) is 6.07 Å². The Morgan fingerprint density at radius 2 is 2.19 bits per heavy atom. The molecule has 84 valence electrons. The van der Waals surface area contributed by atoms with Crippen molar-refractivity contribution in [1.29, 1.82) is 5.26 Å². The number of anilines is 1. The molecule has 0 radical (unpaired) electrons. The van der Waals surface area contributed by atoms with Gasteiger partial charge in [-0.2, -0.15) is 5.26 Å². The largest absolute Gasteiger partial charge is 0.381 e. The van der Waals surface area contributed by atoms with Gasteiger partial charge in [0.1, 0.15) is 6.07 Å². The van der Waals surface area contributed by atoms with Gasteiger partial charge in [0.05, 0.1) is 17.4 Å². The molecule has 0 saturated heterocycles. The van der Waals surface area contributed by atoms with Crippen LogP contribution < -0.4 is 5.32 Å². The van der Waals surface area contributed by atoms with Crippen molar-refractivity contribution in [3.63, 3.8) is 0 Å². The van der Waals surface area contributed by atoms with Crippen LogP contribution in [0.1, 0.15) is 24.0 Å². The molecule has 1 aromatic rings. The van der Waals surface area contributed by atoms with Gasteiger partial charge in [0.15, 0.2) is 0 Å². The van der Waals surface area contributed by atoms with Crippen molar-refractivity contribution >= 4 is 5.69 Å².